The highest BCUT2D eigenvalue weighted by Crippen LogP contribution is 2.29. The van der Waals surface area contributed by atoms with Crippen LogP contribution in [0.2, 0.25) is 0 Å². The Labute approximate surface area is 103 Å². The fourth-order valence-corrected chi connectivity index (χ4v) is 1.53. The molecule has 0 fully saturated rings. The zero-order valence-electron chi connectivity index (χ0n) is 10.1. The molecule has 5 nitrogen and oxygen atoms in total. The van der Waals surface area contributed by atoms with Gasteiger partial charge in [-0.2, -0.15) is 0 Å². The van der Waals surface area contributed by atoms with E-state index in [1.165, 1.54) is 7.11 Å². The van der Waals surface area contributed by atoms with Gasteiger partial charge in [0.2, 0.25) is 5.88 Å². The summed E-state index contributed by atoms with van der Waals surface area (Å²) >= 11 is 0. The summed E-state index contributed by atoms with van der Waals surface area (Å²) in [7, 11) is 1.32. The number of nitrogens with zero attached hydrogens (tertiary/aromatic N) is 1. The molecular weight excluding hydrogens is 246 g/mol. The number of ether oxygens (including phenoxy) is 2. The number of aromatic nitrogens is 1. The minimum atomic E-state index is -2.84. The Morgan fingerprint density at radius 2 is 2.22 bits per heavy atom. The van der Waals surface area contributed by atoms with Gasteiger partial charge in [-0.3, -0.25) is 0 Å². The summed E-state index contributed by atoms with van der Waals surface area (Å²) in [4.78, 5) is 15.4. The molecule has 0 bridgehead atoms. The van der Waals surface area contributed by atoms with Crippen molar-refractivity contribution in [1.82, 2.24) is 4.98 Å². The number of rotatable bonds is 5. The molecule has 0 saturated heterocycles. The molecule has 1 rings (SSSR count). The topological polar surface area (TPSA) is 74.4 Å². The van der Waals surface area contributed by atoms with E-state index in [2.05, 4.69) is 4.98 Å². The van der Waals surface area contributed by atoms with Gasteiger partial charge >= 0.3 is 5.97 Å². The number of methoxy groups -OCH3 is 1. The van der Waals surface area contributed by atoms with E-state index in [4.69, 9.17) is 15.2 Å². The van der Waals surface area contributed by atoms with Gasteiger partial charge in [0.15, 0.2) is 0 Å². The summed E-state index contributed by atoms with van der Waals surface area (Å²) in [5.74, 6) is -0.807. The number of esters is 1. The van der Waals surface area contributed by atoms with Gasteiger partial charge in [-0.05, 0) is 6.92 Å². The molecule has 1 heterocycles. The monoisotopic (exact) mass is 260 g/mol. The van der Waals surface area contributed by atoms with E-state index < -0.39 is 18.0 Å². The van der Waals surface area contributed by atoms with Crippen molar-refractivity contribution < 1.29 is 23.0 Å². The van der Waals surface area contributed by atoms with Gasteiger partial charge in [0.25, 0.3) is 6.43 Å². The number of halogens is 2. The fourth-order valence-electron chi connectivity index (χ4n) is 1.53. The lowest BCUT2D eigenvalue weighted by Gasteiger charge is -2.14. The number of hydrogen-bond donors (Lipinski definition) is 1. The summed E-state index contributed by atoms with van der Waals surface area (Å²) in [6, 6.07) is 0. The van der Waals surface area contributed by atoms with Crippen LogP contribution in [0.15, 0.2) is 6.20 Å². The lowest BCUT2D eigenvalue weighted by molar-refractivity contribution is 0.0513. The van der Waals surface area contributed by atoms with Gasteiger partial charge in [-0.25, -0.2) is 18.6 Å². The van der Waals surface area contributed by atoms with E-state index in [-0.39, 0.29) is 30.2 Å². The Balaban J connectivity index is 3.43. The molecule has 0 radical (unpaired) electrons. The zero-order valence-corrected chi connectivity index (χ0v) is 10.1. The average Bonchev–Trinajstić information content (AvgIpc) is 2.36. The first-order chi connectivity index (χ1) is 8.56. The SMILES string of the molecule is CCOC(=O)c1c(C(F)F)cnc(OC)c1CN. The van der Waals surface area contributed by atoms with Crippen molar-refractivity contribution in [1.29, 1.82) is 0 Å². The van der Waals surface area contributed by atoms with Crippen LogP contribution in [0.25, 0.3) is 0 Å². The third-order valence-corrected chi connectivity index (χ3v) is 2.28. The Hall–Kier alpha value is -1.76. The second kappa shape index (κ2) is 6.25. The molecule has 0 amide bonds. The number of carbonyl (C=O) groups excluding carboxylic acids is 1. The van der Waals surface area contributed by atoms with Gasteiger partial charge in [-0.15, -0.1) is 0 Å². The number of nitrogens with two attached hydrogens (primary N) is 1. The Kier molecular flexibility index (Phi) is 4.96. The summed E-state index contributed by atoms with van der Waals surface area (Å²) in [5, 5.41) is 0. The molecule has 0 aliphatic heterocycles. The van der Waals surface area contributed by atoms with E-state index >= 15 is 0 Å². The fraction of sp³-hybridized carbons (Fsp3) is 0.455. The third kappa shape index (κ3) is 2.73. The summed E-state index contributed by atoms with van der Waals surface area (Å²) in [5.41, 5.74) is 4.81. The minimum Gasteiger partial charge on any atom is -0.481 e. The molecule has 0 aliphatic carbocycles. The summed E-state index contributed by atoms with van der Waals surface area (Å²) in [6.45, 7) is 1.52. The van der Waals surface area contributed by atoms with Crippen LogP contribution >= 0.6 is 0 Å². The maximum Gasteiger partial charge on any atom is 0.339 e. The first-order valence-corrected chi connectivity index (χ1v) is 5.27. The van der Waals surface area contributed by atoms with Gasteiger partial charge in [-0.1, -0.05) is 0 Å². The molecule has 1 aromatic rings. The molecule has 7 heteroatoms. The van der Waals surface area contributed by atoms with E-state index in [1.54, 1.807) is 6.92 Å². The van der Waals surface area contributed by atoms with Gasteiger partial charge < -0.3 is 15.2 Å². The standard InChI is InChI=1S/C11H14F2N2O3/c1-3-18-11(16)8-6(4-14)10(17-2)15-5-7(8)9(12)13/h5,9H,3-4,14H2,1-2H3. The first-order valence-electron chi connectivity index (χ1n) is 5.27. The lowest BCUT2D eigenvalue weighted by atomic mass is 10.0. The maximum atomic E-state index is 12.9. The molecule has 0 aliphatic rings. The van der Waals surface area contributed by atoms with Crippen LogP contribution in [0.3, 0.4) is 0 Å². The molecule has 0 unspecified atom stereocenters. The van der Waals surface area contributed by atoms with Gasteiger partial charge in [0.1, 0.15) is 0 Å². The summed E-state index contributed by atoms with van der Waals surface area (Å²) in [6.07, 6.45) is -1.94. The number of hydrogen-bond acceptors (Lipinski definition) is 5. The van der Waals surface area contributed by atoms with Crippen molar-refractivity contribution in [2.24, 2.45) is 5.73 Å². The van der Waals surface area contributed by atoms with Crippen molar-refractivity contribution in [2.75, 3.05) is 13.7 Å². The quantitative estimate of drug-likeness (QED) is 0.815. The first kappa shape index (κ1) is 14.3. The van der Waals surface area contributed by atoms with Crippen LogP contribution in [0.1, 0.15) is 34.8 Å². The van der Waals surface area contributed by atoms with Crippen LogP contribution in [-0.2, 0) is 11.3 Å². The van der Waals surface area contributed by atoms with Crippen LogP contribution in [0, 0.1) is 0 Å². The van der Waals surface area contributed by atoms with Crippen molar-refractivity contribution in [3.05, 3.63) is 22.9 Å². The number of pyridine rings is 1. The summed E-state index contributed by atoms with van der Waals surface area (Å²) < 4.78 is 35.3. The molecule has 100 valence electrons. The minimum absolute atomic E-state index is 0.0463. The van der Waals surface area contributed by atoms with E-state index in [0.717, 1.165) is 6.20 Å². The lowest BCUT2D eigenvalue weighted by Crippen LogP contribution is -2.16. The van der Waals surface area contributed by atoms with E-state index in [0.29, 0.717) is 0 Å². The third-order valence-electron chi connectivity index (χ3n) is 2.28. The van der Waals surface area contributed by atoms with Crippen molar-refractivity contribution in [3.8, 4) is 5.88 Å². The highest BCUT2D eigenvalue weighted by Gasteiger charge is 2.26. The molecule has 0 aromatic carbocycles. The molecule has 0 atom stereocenters. The average molecular weight is 260 g/mol. The largest absolute Gasteiger partial charge is 0.481 e. The number of carbonyl (C=O) groups is 1. The maximum absolute atomic E-state index is 12.9. The Morgan fingerprint density at radius 3 is 2.67 bits per heavy atom. The molecule has 1 aromatic heterocycles. The zero-order chi connectivity index (χ0) is 13.7. The van der Waals surface area contributed by atoms with Gasteiger partial charge in [0, 0.05) is 18.3 Å². The Bertz CT molecular complexity index is 439. The van der Waals surface area contributed by atoms with Crippen LogP contribution in [-0.4, -0.2) is 24.7 Å². The highest BCUT2D eigenvalue weighted by molar-refractivity contribution is 5.93. The van der Waals surface area contributed by atoms with Crippen molar-refractivity contribution in [3.63, 3.8) is 0 Å². The predicted octanol–water partition coefficient (Wildman–Crippen LogP) is 1.66. The molecular formula is C11H14F2N2O3. The van der Waals surface area contributed by atoms with E-state index in [1.807, 2.05) is 0 Å². The van der Waals surface area contributed by atoms with Crippen LogP contribution in [0.4, 0.5) is 8.78 Å². The predicted molar refractivity (Wildman–Crippen MR) is 59.6 cm³/mol. The second-order valence-corrected chi connectivity index (χ2v) is 3.30. The molecule has 0 spiro atoms. The van der Waals surface area contributed by atoms with Crippen LogP contribution < -0.4 is 10.5 Å². The normalized spacial score (nSPS) is 10.6. The van der Waals surface area contributed by atoms with Gasteiger partial charge in [0.05, 0.1) is 24.8 Å². The second-order valence-electron chi connectivity index (χ2n) is 3.30. The van der Waals surface area contributed by atoms with Crippen molar-refractivity contribution in [2.45, 2.75) is 19.9 Å². The van der Waals surface area contributed by atoms with Crippen molar-refractivity contribution >= 4 is 5.97 Å². The molecule has 2 N–H and O–H groups in total. The molecule has 0 saturated carbocycles. The smallest absolute Gasteiger partial charge is 0.339 e. The Morgan fingerprint density at radius 1 is 1.56 bits per heavy atom. The van der Waals surface area contributed by atoms with E-state index in [9.17, 15) is 13.6 Å². The molecule has 18 heavy (non-hydrogen) atoms. The highest BCUT2D eigenvalue weighted by atomic mass is 19.3. The van der Waals surface area contributed by atoms with Crippen LogP contribution in [0.5, 0.6) is 5.88 Å². The number of alkyl halides is 2.